The van der Waals surface area contributed by atoms with E-state index in [4.69, 9.17) is 10.8 Å². The van der Waals surface area contributed by atoms with Gasteiger partial charge in [-0.15, -0.1) is 0 Å². The summed E-state index contributed by atoms with van der Waals surface area (Å²) in [7, 11) is 0. The van der Waals surface area contributed by atoms with Crippen LogP contribution in [0.1, 0.15) is 30.5 Å². The molecule has 1 aromatic rings. The van der Waals surface area contributed by atoms with E-state index < -0.39 is 0 Å². The van der Waals surface area contributed by atoms with Crippen molar-refractivity contribution in [1.29, 1.82) is 0 Å². The maximum Gasteiger partial charge on any atom is 0.0547 e. The summed E-state index contributed by atoms with van der Waals surface area (Å²) in [5.41, 5.74) is 8.97. The highest BCUT2D eigenvalue weighted by molar-refractivity contribution is 8.00. The Morgan fingerprint density at radius 3 is 3.00 bits per heavy atom. The number of fused-ring (bicyclic) bond motifs is 1. The minimum absolute atomic E-state index is 0.115. The van der Waals surface area contributed by atoms with Crippen molar-refractivity contribution in [1.82, 2.24) is 0 Å². The predicted molar refractivity (Wildman–Crippen MR) is 69.6 cm³/mol. The van der Waals surface area contributed by atoms with E-state index in [9.17, 15) is 0 Å². The molecule has 0 fully saturated rings. The van der Waals surface area contributed by atoms with Crippen LogP contribution in [0.5, 0.6) is 0 Å². The number of aliphatic hydroxyl groups is 1. The number of thioether (sulfide) groups is 1. The molecule has 0 bridgehead atoms. The molecule has 88 valence electrons. The fourth-order valence-electron chi connectivity index (χ4n) is 2.26. The number of benzene rings is 1. The molecule has 3 unspecified atom stereocenters. The Bertz CT molecular complexity index is 356. The molecule has 0 aliphatic heterocycles. The molecular weight excluding hydrogens is 218 g/mol. The fraction of sp³-hybridized carbons (Fsp3) is 0.538. The monoisotopic (exact) mass is 237 g/mol. The van der Waals surface area contributed by atoms with Gasteiger partial charge < -0.3 is 10.8 Å². The summed E-state index contributed by atoms with van der Waals surface area (Å²) in [4.78, 5) is 0. The van der Waals surface area contributed by atoms with Gasteiger partial charge in [-0.25, -0.2) is 0 Å². The predicted octanol–water partition coefficient (Wildman–Crippen LogP) is 2.12. The third kappa shape index (κ3) is 2.42. The molecule has 0 aromatic heterocycles. The van der Waals surface area contributed by atoms with Crippen LogP contribution in [-0.4, -0.2) is 22.2 Å². The van der Waals surface area contributed by atoms with Crippen molar-refractivity contribution in [3.05, 3.63) is 35.4 Å². The molecule has 0 amide bonds. The van der Waals surface area contributed by atoms with Gasteiger partial charge in [-0.2, -0.15) is 11.8 Å². The first-order valence-corrected chi connectivity index (χ1v) is 6.76. The van der Waals surface area contributed by atoms with Gasteiger partial charge >= 0.3 is 0 Å². The molecular formula is C13H19NOS. The quantitative estimate of drug-likeness (QED) is 0.846. The molecule has 3 N–H and O–H groups in total. The molecule has 0 spiro atoms. The molecule has 0 saturated heterocycles. The van der Waals surface area contributed by atoms with E-state index in [0.717, 1.165) is 12.8 Å². The second kappa shape index (κ2) is 5.21. The molecule has 2 nitrogen and oxygen atoms in total. The third-order valence-electron chi connectivity index (χ3n) is 3.18. The standard InChI is InChI=1S/C13H19NOS/c1-9(8-15)16-12-7-6-10-4-2-3-5-11(10)13(12)14/h2-5,9,12-13,15H,6-8,14H2,1H3. The summed E-state index contributed by atoms with van der Waals surface area (Å²) < 4.78 is 0. The van der Waals surface area contributed by atoms with E-state index in [1.165, 1.54) is 11.1 Å². The van der Waals surface area contributed by atoms with Gasteiger partial charge in [-0.1, -0.05) is 31.2 Å². The van der Waals surface area contributed by atoms with Gasteiger partial charge in [0.05, 0.1) is 6.61 Å². The fourth-order valence-corrected chi connectivity index (χ4v) is 3.51. The first kappa shape index (κ1) is 12.0. The lowest BCUT2D eigenvalue weighted by Crippen LogP contribution is -2.31. The first-order chi connectivity index (χ1) is 7.72. The molecule has 3 atom stereocenters. The molecule has 0 heterocycles. The lowest BCUT2D eigenvalue weighted by Gasteiger charge is -2.32. The van der Waals surface area contributed by atoms with Crippen molar-refractivity contribution in [2.45, 2.75) is 36.3 Å². The average Bonchev–Trinajstić information content (AvgIpc) is 2.33. The van der Waals surface area contributed by atoms with Gasteiger partial charge in [0.1, 0.15) is 0 Å². The average molecular weight is 237 g/mol. The van der Waals surface area contributed by atoms with Gasteiger partial charge in [-0.05, 0) is 24.0 Å². The smallest absolute Gasteiger partial charge is 0.0547 e. The van der Waals surface area contributed by atoms with E-state index in [1.54, 1.807) is 0 Å². The summed E-state index contributed by atoms with van der Waals surface area (Å²) in [6.07, 6.45) is 2.23. The van der Waals surface area contributed by atoms with E-state index >= 15 is 0 Å². The van der Waals surface area contributed by atoms with Gasteiger partial charge in [-0.3, -0.25) is 0 Å². The largest absolute Gasteiger partial charge is 0.395 e. The summed E-state index contributed by atoms with van der Waals surface area (Å²) in [6, 6.07) is 8.56. The lowest BCUT2D eigenvalue weighted by molar-refractivity contribution is 0.299. The lowest BCUT2D eigenvalue weighted by atomic mass is 9.88. The Balaban J connectivity index is 2.12. The Labute approximate surface area is 101 Å². The van der Waals surface area contributed by atoms with Crippen LogP contribution in [0.2, 0.25) is 0 Å². The summed E-state index contributed by atoms with van der Waals surface area (Å²) >= 11 is 1.82. The zero-order valence-corrected chi connectivity index (χ0v) is 10.4. The SMILES string of the molecule is CC(CO)SC1CCc2ccccc2C1N. The number of rotatable bonds is 3. The zero-order chi connectivity index (χ0) is 11.5. The van der Waals surface area contributed by atoms with Gasteiger partial charge in [0.25, 0.3) is 0 Å². The van der Waals surface area contributed by atoms with E-state index in [-0.39, 0.29) is 17.9 Å². The highest BCUT2D eigenvalue weighted by atomic mass is 32.2. The minimum Gasteiger partial charge on any atom is -0.395 e. The van der Waals surface area contributed by atoms with Gasteiger partial charge in [0.2, 0.25) is 0 Å². The van der Waals surface area contributed by atoms with Crippen molar-refractivity contribution in [2.75, 3.05) is 6.61 Å². The summed E-state index contributed by atoms with van der Waals surface area (Å²) in [5.74, 6) is 0. The Morgan fingerprint density at radius 2 is 2.25 bits per heavy atom. The molecule has 1 aliphatic carbocycles. The maximum atomic E-state index is 9.09. The van der Waals surface area contributed by atoms with Crippen molar-refractivity contribution in [3.63, 3.8) is 0 Å². The van der Waals surface area contributed by atoms with Crippen molar-refractivity contribution in [2.24, 2.45) is 5.73 Å². The molecule has 16 heavy (non-hydrogen) atoms. The van der Waals surface area contributed by atoms with Crippen LogP contribution in [0.4, 0.5) is 0 Å². The topological polar surface area (TPSA) is 46.2 Å². The van der Waals surface area contributed by atoms with Crippen LogP contribution in [0, 0.1) is 0 Å². The second-order valence-electron chi connectivity index (χ2n) is 4.43. The Hall–Kier alpha value is -0.510. The molecule has 0 radical (unpaired) electrons. The molecule has 1 aromatic carbocycles. The zero-order valence-electron chi connectivity index (χ0n) is 9.60. The second-order valence-corrected chi connectivity index (χ2v) is 6.11. The number of hydrogen-bond acceptors (Lipinski definition) is 3. The van der Waals surface area contributed by atoms with Crippen molar-refractivity contribution in [3.8, 4) is 0 Å². The van der Waals surface area contributed by atoms with Crippen molar-refractivity contribution >= 4 is 11.8 Å². The normalized spacial score (nSPS) is 26.2. The van der Waals surface area contributed by atoms with Crippen LogP contribution < -0.4 is 5.73 Å². The van der Waals surface area contributed by atoms with E-state index in [1.807, 2.05) is 11.8 Å². The third-order valence-corrected chi connectivity index (χ3v) is 4.67. The van der Waals surface area contributed by atoms with Gasteiger partial charge in [0.15, 0.2) is 0 Å². The summed E-state index contributed by atoms with van der Waals surface area (Å²) in [5, 5.41) is 9.81. The van der Waals surface area contributed by atoms with Crippen LogP contribution in [-0.2, 0) is 6.42 Å². The molecule has 1 aliphatic rings. The van der Waals surface area contributed by atoms with Crippen LogP contribution in [0.15, 0.2) is 24.3 Å². The van der Waals surface area contributed by atoms with Crippen molar-refractivity contribution < 1.29 is 5.11 Å². The number of aryl methyl sites for hydroxylation is 1. The van der Waals surface area contributed by atoms with Crippen LogP contribution in [0.3, 0.4) is 0 Å². The first-order valence-electron chi connectivity index (χ1n) is 5.82. The number of hydrogen-bond donors (Lipinski definition) is 2. The molecule has 3 heteroatoms. The van der Waals surface area contributed by atoms with E-state index in [2.05, 4.69) is 31.2 Å². The highest BCUT2D eigenvalue weighted by Crippen LogP contribution is 2.36. The molecule has 0 saturated carbocycles. The van der Waals surface area contributed by atoms with E-state index in [0.29, 0.717) is 5.25 Å². The maximum absolute atomic E-state index is 9.09. The number of nitrogens with two attached hydrogens (primary N) is 1. The molecule has 2 rings (SSSR count). The van der Waals surface area contributed by atoms with Gasteiger partial charge in [0, 0.05) is 16.5 Å². The minimum atomic E-state index is 0.115. The Kier molecular flexibility index (Phi) is 3.90. The number of aliphatic hydroxyl groups excluding tert-OH is 1. The highest BCUT2D eigenvalue weighted by Gasteiger charge is 2.27. The van der Waals surface area contributed by atoms with Crippen LogP contribution in [0.25, 0.3) is 0 Å². The van der Waals surface area contributed by atoms with Crippen LogP contribution >= 0.6 is 11.8 Å². The Morgan fingerprint density at radius 1 is 1.50 bits per heavy atom. The summed E-state index contributed by atoms with van der Waals surface area (Å²) in [6.45, 7) is 2.29.